The summed E-state index contributed by atoms with van der Waals surface area (Å²) < 4.78 is 8.21. The summed E-state index contributed by atoms with van der Waals surface area (Å²) in [6.45, 7) is 4.41. The lowest BCUT2D eigenvalue weighted by Gasteiger charge is -2.24. The molecule has 0 radical (unpaired) electrons. The number of nitro benzene ring substituents is 1. The Hall–Kier alpha value is -3.79. The van der Waals surface area contributed by atoms with Crippen LogP contribution < -0.4 is 10.1 Å². The Kier molecular flexibility index (Phi) is 4.86. The molecule has 1 aliphatic heterocycles. The summed E-state index contributed by atoms with van der Waals surface area (Å²) in [6.07, 6.45) is 0.245. The molecule has 0 bridgehead atoms. The monoisotopic (exact) mass is 449 g/mol. The Morgan fingerprint density at radius 1 is 1.28 bits per heavy atom. The van der Waals surface area contributed by atoms with Gasteiger partial charge in [-0.15, -0.1) is 0 Å². The lowest BCUT2D eigenvalue weighted by atomic mass is 9.86. The fraction of sp³-hybridized carbons (Fsp3) is 0.227. The van der Waals surface area contributed by atoms with Gasteiger partial charge in [0.15, 0.2) is 0 Å². The zero-order valence-electron chi connectivity index (χ0n) is 17.4. The van der Waals surface area contributed by atoms with Crippen LogP contribution in [0.4, 0.5) is 11.5 Å². The fourth-order valence-electron chi connectivity index (χ4n) is 4.04. The highest BCUT2D eigenvalue weighted by Gasteiger charge is 2.33. The van der Waals surface area contributed by atoms with Crippen LogP contribution in [0.25, 0.3) is 15.3 Å². The number of carbonyl (C=O) groups excluding carboxylic acids is 1. The predicted molar refractivity (Wildman–Crippen MR) is 121 cm³/mol. The zero-order valence-corrected chi connectivity index (χ0v) is 18.2. The molecule has 0 unspecified atom stereocenters. The van der Waals surface area contributed by atoms with E-state index in [0.717, 1.165) is 32.8 Å². The number of nitrogens with one attached hydrogen (secondary N) is 1. The van der Waals surface area contributed by atoms with Gasteiger partial charge in [0.05, 0.1) is 27.4 Å². The van der Waals surface area contributed by atoms with Crippen molar-refractivity contribution < 1.29 is 14.5 Å². The number of anilines is 1. The number of rotatable bonds is 5. The first-order valence-electron chi connectivity index (χ1n) is 10.1. The number of aromatic nitrogens is 3. The summed E-state index contributed by atoms with van der Waals surface area (Å²) in [6, 6.07) is 12.1. The van der Waals surface area contributed by atoms with Gasteiger partial charge in [-0.25, -0.2) is 4.98 Å². The minimum absolute atomic E-state index is 0.0162. The highest BCUT2D eigenvalue weighted by Crippen LogP contribution is 2.41. The Balaban J connectivity index is 1.59. The van der Waals surface area contributed by atoms with Crippen molar-refractivity contribution in [1.29, 1.82) is 0 Å². The predicted octanol–water partition coefficient (Wildman–Crippen LogP) is 4.57. The van der Waals surface area contributed by atoms with Crippen molar-refractivity contribution in [3.63, 3.8) is 0 Å². The van der Waals surface area contributed by atoms with Crippen molar-refractivity contribution in [2.75, 3.05) is 11.9 Å². The third kappa shape index (κ3) is 3.38. The molecule has 2 aromatic carbocycles. The molecule has 2 aromatic heterocycles. The molecule has 0 saturated carbocycles. The van der Waals surface area contributed by atoms with E-state index in [4.69, 9.17) is 9.72 Å². The van der Waals surface area contributed by atoms with Gasteiger partial charge in [0.25, 0.3) is 5.69 Å². The van der Waals surface area contributed by atoms with Gasteiger partial charge in [-0.05, 0) is 37.6 Å². The summed E-state index contributed by atoms with van der Waals surface area (Å²) in [5.74, 6) is 0.987. The van der Waals surface area contributed by atoms with Crippen LogP contribution in [0.5, 0.6) is 5.75 Å². The van der Waals surface area contributed by atoms with Gasteiger partial charge in [0, 0.05) is 30.0 Å². The molecular formula is C22H19N5O4S. The molecule has 4 aromatic rings. The molecule has 0 aliphatic carbocycles. The van der Waals surface area contributed by atoms with E-state index >= 15 is 0 Å². The molecule has 3 heterocycles. The van der Waals surface area contributed by atoms with Gasteiger partial charge < -0.3 is 10.1 Å². The van der Waals surface area contributed by atoms with E-state index in [-0.39, 0.29) is 23.9 Å². The second-order valence-electron chi connectivity index (χ2n) is 7.47. The number of benzene rings is 2. The average molecular weight is 449 g/mol. The Bertz CT molecular complexity index is 1360. The lowest BCUT2D eigenvalue weighted by molar-refractivity contribution is -0.384. The fourth-order valence-corrected chi connectivity index (χ4v) is 4.99. The number of amides is 1. The van der Waals surface area contributed by atoms with E-state index in [1.807, 2.05) is 32.0 Å². The lowest BCUT2D eigenvalue weighted by Crippen LogP contribution is -2.24. The number of aryl methyl sites for hydroxylation is 1. The number of ether oxygens (including phenoxy) is 1. The number of thiazole rings is 1. The Morgan fingerprint density at radius 3 is 2.78 bits per heavy atom. The first-order chi connectivity index (χ1) is 15.4. The summed E-state index contributed by atoms with van der Waals surface area (Å²) >= 11 is 1.46. The Morgan fingerprint density at radius 2 is 2.06 bits per heavy atom. The normalized spacial score (nSPS) is 15.4. The van der Waals surface area contributed by atoms with E-state index < -0.39 is 4.92 Å². The van der Waals surface area contributed by atoms with E-state index in [0.29, 0.717) is 17.6 Å². The number of hydrogen-bond acceptors (Lipinski definition) is 7. The van der Waals surface area contributed by atoms with Gasteiger partial charge in [0.1, 0.15) is 11.6 Å². The van der Waals surface area contributed by atoms with Crippen molar-refractivity contribution >= 4 is 39.0 Å². The van der Waals surface area contributed by atoms with Crippen LogP contribution in [0, 0.1) is 17.0 Å². The van der Waals surface area contributed by atoms with Crippen LogP contribution in [0.15, 0.2) is 42.5 Å². The summed E-state index contributed by atoms with van der Waals surface area (Å²) in [5, 5.41) is 19.3. The molecule has 1 amide bonds. The molecule has 5 rings (SSSR count). The third-order valence-corrected chi connectivity index (χ3v) is 6.44. The van der Waals surface area contributed by atoms with Crippen molar-refractivity contribution in [2.24, 2.45) is 0 Å². The number of nitro groups is 1. The standard InChI is InChI=1S/C22H19N5O4S/c1-3-31-15-8-9-17-18(10-15)32-22(23-17)26-21-20(12(2)25-26)16(11-19(28)24-21)13-4-6-14(7-5-13)27(29)30/h4-10,16H,3,11H2,1-2H3,(H,24,28)/t16-/m0/s1. The van der Waals surface area contributed by atoms with Crippen molar-refractivity contribution in [3.05, 3.63) is 69.4 Å². The number of fused-ring (bicyclic) bond motifs is 2. The minimum atomic E-state index is -0.434. The number of non-ortho nitro benzene ring substituents is 1. The van der Waals surface area contributed by atoms with E-state index in [9.17, 15) is 14.9 Å². The molecule has 10 heteroatoms. The van der Waals surface area contributed by atoms with Crippen LogP contribution in [0.1, 0.15) is 36.1 Å². The number of carbonyl (C=O) groups is 1. The van der Waals surface area contributed by atoms with E-state index in [2.05, 4.69) is 10.4 Å². The molecule has 162 valence electrons. The second-order valence-corrected chi connectivity index (χ2v) is 8.48. The smallest absolute Gasteiger partial charge is 0.269 e. The quantitative estimate of drug-likeness (QED) is 0.353. The Labute approximate surface area is 186 Å². The molecule has 1 aliphatic rings. The van der Waals surface area contributed by atoms with Gasteiger partial charge in [-0.3, -0.25) is 14.9 Å². The largest absolute Gasteiger partial charge is 0.494 e. The maximum Gasteiger partial charge on any atom is 0.269 e. The zero-order chi connectivity index (χ0) is 22.4. The third-order valence-electron chi connectivity index (χ3n) is 5.45. The van der Waals surface area contributed by atoms with Gasteiger partial charge >= 0.3 is 0 Å². The van der Waals surface area contributed by atoms with Crippen molar-refractivity contribution in [1.82, 2.24) is 14.8 Å². The highest BCUT2D eigenvalue weighted by molar-refractivity contribution is 7.20. The van der Waals surface area contributed by atoms with Gasteiger partial charge in [0.2, 0.25) is 11.0 Å². The first-order valence-corrected chi connectivity index (χ1v) is 10.9. The molecule has 0 fully saturated rings. The maximum atomic E-state index is 12.6. The van der Waals surface area contributed by atoms with Crippen molar-refractivity contribution in [2.45, 2.75) is 26.2 Å². The molecule has 1 N–H and O–H groups in total. The molecule has 32 heavy (non-hydrogen) atoms. The number of nitrogens with zero attached hydrogens (tertiary/aromatic N) is 4. The molecule has 0 saturated heterocycles. The van der Waals surface area contributed by atoms with Crippen LogP contribution >= 0.6 is 11.3 Å². The molecular weight excluding hydrogens is 430 g/mol. The summed E-state index contributed by atoms with van der Waals surface area (Å²) in [4.78, 5) is 27.8. The highest BCUT2D eigenvalue weighted by atomic mass is 32.1. The van der Waals surface area contributed by atoms with Crippen molar-refractivity contribution in [3.8, 4) is 10.9 Å². The summed E-state index contributed by atoms with van der Waals surface area (Å²) in [5.41, 5.74) is 3.34. The van der Waals surface area contributed by atoms with Gasteiger partial charge in [-0.2, -0.15) is 9.78 Å². The maximum absolute atomic E-state index is 12.6. The molecule has 0 spiro atoms. The van der Waals surface area contributed by atoms with E-state index in [1.54, 1.807) is 16.8 Å². The van der Waals surface area contributed by atoms with Crippen LogP contribution in [0.2, 0.25) is 0 Å². The van der Waals surface area contributed by atoms with Crippen LogP contribution in [-0.4, -0.2) is 32.2 Å². The first kappa shape index (κ1) is 20.1. The SMILES string of the molecule is CCOc1ccc2nc(-n3nc(C)c4c3NC(=O)C[C@H]4c3ccc([N+](=O)[O-])cc3)sc2c1. The van der Waals surface area contributed by atoms with Crippen LogP contribution in [-0.2, 0) is 4.79 Å². The molecule has 9 nitrogen and oxygen atoms in total. The van der Waals surface area contributed by atoms with Crippen LogP contribution in [0.3, 0.4) is 0 Å². The average Bonchev–Trinajstić information content (AvgIpc) is 3.34. The second kappa shape index (κ2) is 7.72. The number of hydrogen-bond donors (Lipinski definition) is 1. The topological polar surface area (TPSA) is 112 Å². The van der Waals surface area contributed by atoms with E-state index in [1.165, 1.54) is 23.5 Å². The molecule has 1 atom stereocenters. The summed E-state index contributed by atoms with van der Waals surface area (Å²) in [7, 11) is 0. The minimum Gasteiger partial charge on any atom is -0.494 e. The van der Waals surface area contributed by atoms with Gasteiger partial charge in [-0.1, -0.05) is 23.5 Å².